The molecule has 0 unspecified atom stereocenters. The van der Waals surface area contributed by atoms with Crippen LogP contribution < -0.4 is 4.57 Å². The van der Waals surface area contributed by atoms with Gasteiger partial charge in [0.2, 0.25) is 0 Å². The van der Waals surface area contributed by atoms with Gasteiger partial charge in [0, 0.05) is 15.7 Å². The summed E-state index contributed by atoms with van der Waals surface area (Å²) < 4.78 is 9.02. The Morgan fingerprint density at radius 2 is 1.56 bits per heavy atom. The Hall–Kier alpha value is -0.926. The van der Waals surface area contributed by atoms with E-state index in [1.807, 2.05) is 22.8 Å². The molecule has 0 saturated heterocycles. The minimum atomic E-state index is -2.11. The number of oxime groups is 1. The summed E-state index contributed by atoms with van der Waals surface area (Å²) in [6.07, 6.45) is 0. The Morgan fingerprint density at radius 3 is 2.04 bits per heavy atom. The van der Waals surface area contributed by atoms with Crippen LogP contribution in [0.2, 0.25) is 36.3 Å². The van der Waals surface area contributed by atoms with Crippen LogP contribution in [0.15, 0.2) is 27.8 Å². The van der Waals surface area contributed by atoms with Gasteiger partial charge in [-0.15, -0.1) is 0 Å². The van der Waals surface area contributed by atoms with Gasteiger partial charge >= 0.3 is 0 Å². The molecule has 2 rings (SSSR count). The van der Waals surface area contributed by atoms with E-state index in [0.29, 0.717) is 5.71 Å². The summed E-state index contributed by atoms with van der Waals surface area (Å²) in [4.78, 5) is 13.5. The Bertz CT molecular complexity index is 790. The highest BCUT2D eigenvalue weighted by molar-refractivity contribution is 9.10. The Balaban J connectivity index is 2.58. The smallest absolute Gasteiger partial charge is 0.286 e. The minimum Gasteiger partial charge on any atom is -0.454 e. The predicted octanol–water partition coefficient (Wildman–Crippen LogP) is 6.53. The van der Waals surface area contributed by atoms with Crippen molar-refractivity contribution in [3.8, 4) is 0 Å². The lowest BCUT2D eigenvalue weighted by Crippen LogP contribution is -2.57. The highest BCUT2D eigenvalue weighted by Crippen LogP contribution is 2.45. The molecule has 150 valence electrons. The molecule has 0 bridgehead atoms. The minimum absolute atomic E-state index is 0.0257. The Kier molecular flexibility index (Phi) is 5.67. The number of fused-ring (bicyclic) bond motifs is 1. The van der Waals surface area contributed by atoms with Gasteiger partial charge in [-0.25, -0.2) is 0 Å². The van der Waals surface area contributed by atoms with E-state index in [0.717, 1.165) is 15.7 Å². The Labute approximate surface area is 174 Å². The van der Waals surface area contributed by atoms with Crippen molar-refractivity contribution in [2.75, 3.05) is 4.57 Å². The van der Waals surface area contributed by atoms with Gasteiger partial charge in [0.25, 0.3) is 14.2 Å². The molecule has 0 spiro atoms. The normalized spacial score (nSPS) is 17.5. The standard InChI is InChI=1S/C20H33BrN2O2Si2/c1-19(2,3)26(7,8)23-16-12-11-14(21)13-15(16)17(18(23)24)22-25-27(9,10)20(4,5)6/h11-13H,1-10H3/b22-17-. The summed E-state index contributed by atoms with van der Waals surface area (Å²) in [5.74, 6) is -0.0339. The van der Waals surface area contributed by atoms with Gasteiger partial charge in [0.15, 0.2) is 13.9 Å². The predicted molar refractivity (Wildman–Crippen MR) is 124 cm³/mol. The van der Waals surface area contributed by atoms with E-state index in [4.69, 9.17) is 4.53 Å². The molecule has 1 aliphatic rings. The van der Waals surface area contributed by atoms with Crippen LogP contribution in [0, 0.1) is 0 Å². The van der Waals surface area contributed by atoms with Crippen LogP contribution in [0.1, 0.15) is 47.1 Å². The van der Waals surface area contributed by atoms with Crippen molar-refractivity contribution < 1.29 is 9.32 Å². The summed E-state index contributed by atoms with van der Waals surface area (Å²) in [6.45, 7) is 21.9. The van der Waals surface area contributed by atoms with Crippen molar-refractivity contribution >= 4 is 49.8 Å². The van der Waals surface area contributed by atoms with E-state index < -0.39 is 16.6 Å². The molecule has 0 radical (unpaired) electrons. The van der Waals surface area contributed by atoms with Crippen LogP contribution in [-0.2, 0) is 9.32 Å². The molecule has 1 amide bonds. The Morgan fingerprint density at radius 1 is 1.00 bits per heavy atom. The maximum absolute atomic E-state index is 13.5. The van der Waals surface area contributed by atoms with Gasteiger partial charge in [-0.2, -0.15) is 0 Å². The lowest BCUT2D eigenvalue weighted by Gasteiger charge is -2.43. The largest absolute Gasteiger partial charge is 0.454 e. The maximum atomic E-state index is 13.5. The van der Waals surface area contributed by atoms with Crippen LogP contribution in [0.25, 0.3) is 0 Å². The first-order chi connectivity index (χ1) is 12.0. The molecule has 1 heterocycles. The molecule has 0 atom stereocenters. The summed E-state index contributed by atoms with van der Waals surface area (Å²) in [5, 5.41) is 4.52. The molecule has 0 saturated carbocycles. The molecule has 4 nitrogen and oxygen atoms in total. The van der Waals surface area contributed by atoms with Gasteiger partial charge in [-0.05, 0) is 41.4 Å². The highest BCUT2D eigenvalue weighted by atomic mass is 79.9. The first-order valence-electron chi connectivity index (χ1n) is 9.41. The van der Waals surface area contributed by atoms with Gasteiger partial charge in [0.1, 0.15) is 0 Å². The van der Waals surface area contributed by atoms with E-state index in [1.54, 1.807) is 0 Å². The fourth-order valence-electron chi connectivity index (χ4n) is 2.50. The third-order valence-corrected chi connectivity index (χ3v) is 16.3. The number of carbonyl (C=O) groups is 1. The third-order valence-electron chi connectivity index (χ3n) is 6.43. The van der Waals surface area contributed by atoms with Gasteiger partial charge < -0.3 is 9.09 Å². The monoisotopic (exact) mass is 468 g/mol. The second-order valence-corrected chi connectivity index (χ2v) is 21.1. The third kappa shape index (κ3) is 3.96. The molecular weight excluding hydrogens is 436 g/mol. The van der Waals surface area contributed by atoms with Crippen molar-refractivity contribution in [3.63, 3.8) is 0 Å². The average Bonchev–Trinajstić information content (AvgIpc) is 2.74. The van der Waals surface area contributed by atoms with Crippen LogP contribution >= 0.6 is 15.9 Å². The molecule has 0 aliphatic carbocycles. The van der Waals surface area contributed by atoms with Crippen LogP contribution in [0.3, 0.4) is 0 Å². The molecule has 7 heteroatoms. The SMILES string of the molecule is CC(C)(C)[Si](C)(C)O/N=C1\C(=O)N([Si](C)(C)C(C)(C)C)c2ccc(Br)cc21. The number of hydrogen-bond donors (Lipinski definition) is 0. The molecule has 1 aliphatic heterocycles. The van der Waals surface area contributed by atoms with Crippen LogP contribution in [-0.4, -0.2) is 28.2 Å². The topological polar surface area (TPSA) is 41.9 Å². The number of hydrogen-bond acceptors (Lipinski definition) is 3. The van der Waals surface area contributed by atoms with E-state index in [-0.39, 0.29) is 16.0 Å². The molecule has 1 aromatic rings. The van der Waals surface area contributed by atoms with E-state index in [9.17, 15) is 4.79 Å². The average molecular weight is 470 g/mol. The van der Waals surface area contributed by atoms with Crippen molar-refractivity contribution in [2.24, 2.45) is 5.16 Å². The summed E-state index contributed by atoms with van der Waals surface area (Å²) in [7, 11) is -4.21. The maximum Gasteiger partial charge on any atom is 0.286 e. The zero-order valence-corrected chi connectivity index (χ0v) is 21.9. The molecule has 0 fully saturated rings. The van der Waals surface area contributed by atoms with Crippen molar-refractivity contribution in [1.29, 1.82) is 0 Å². The van der Waals surface area contributed by atoms with Gasteiger partial charge in [-0.1, -0.05) is 75.7 Å². The van der Waals surface area contributed by atoms with Crippen molar-refractivity contribution in [2.45, 2.75) is 77.8 Å². The van der Waals surface area contributed by atoms with Crippen molar-refractivity contribution in [1.82, 2.24) is 0 Å². The summed E-state index contributed by atoms with van der Waals surface area (Å²) in [5.41, 5.74) is 2.24. The van der Waals surface area contributed by atoms with Crippen LogP contribution in [0.4, 0.5) is 5.69 Å². The fourth-order valence-corrected chi connectivity index (χ4v) is 5.53. The molecule has 1 aromatic carbocycles. The number of anilines is 1. The zero-order chi connectivity index (χ0) is 21.0. The van der Waals surface area contributed by atoms with Crippen LogP contribution in [0.5, 0.6) is 0 Å². The molecule has 27 heavy (non-hydrogen) atoms. The zero-order valence-electron chi connectivity index (χ0n) is 18.3. The number of nitrogens with zero attached hydrogens (tertiary/aromatic N) is 2. The number of halogens is 1. The fraction of sp³-hybridized carbons (Fsp3) is 0.600. The van der Waals surface area contributed by atoms with Gasteiger partial charge in [0.05, 0.1) is 0 Å². The number of rotatable bonds is 3. The highest BCUT2D eigenvalue weighted by Gasteiger charge is 2.50. The first-order valence-corrected chi connectivity index (χ1v) is 16.1. The number of carbonyl (C=O) groups excluding carboxylic acids is 1. The first kappa shape index (κ1) is 22.4. The molecule has 0 aromatic heterocycles. The number of amides is 1. The summed E-state index contributed by atoms with van der Waals surface area (Å²) in [6, 6.07) is 5.99. The summed E-state index contributed by atoms with van der Waals surface area (Å²) >= 11 is 3.54. The second-order valence-electron chi connectivity index (χ2n) is 10.4. The molecular formula is C20H33BrN2O2Si2. The molecule has 0 N–H and O–H groups in total. The number of benzene rings is 1. The second kappa shape index (κ2) is 6.85. The quantitative estimate of drug-likeness (QED) is 0.373. The van der Waals surface area contributed by atoms with E-state index in [2.05, 4.69) is 88.8 Å². The van der Waals surface area contributed by atoms with E-state index >= 15 is 0 Å². The lowest BCUT2D eigenvalue weighted by molar-refractivity contribution is -0.111. The van der Waals surface area contributed by atoms with E-state index in [1.165, 1.54) is 0 Å². The van der Waals surface area contributed by atoms with Crippen molar-refractivity contribution in [3.05, 3.63) is 28.2 Å². The lowest BCUT2D eigenvalue weighted by atomic mass is 10.1. The van der Waals surface area contributed by atoms with Gasteiger partial charge in [-0.3, -0.25) is 4.79 Å².